The lowest BCUT2D eigenvalue weighted by Crippen LogP contribution is -2.43. The van der Waals surface area contributed by atoms with E-state index in [0.29, 0.717) is 0 Å². The van der Waals surface area contributed by atoms with Crippen molar-refractivity contribution < 1.29 is 14.1 Å². The van der Waals surface area contributed by atoms with E-state index in [1.807, 2.05) is 6.08 Å². The van der Waals surface area contributed by atoms with Gasteiger partial charge < -0.3 is 14.1 Å². The highest BCUT2D eigenvalue weighted by Crippen LogP contribution is 2.37. The quantitative estimate of drug-likeness (QED) is 0.398. The Labute approximate surface area is 120 Å². The smallest absolute Gasteiger partial charge is 0.503 e. The van der Waals surface area contributed by atoms with Crippen LogP contribution in [-0.4, -0.2) is 27.1 Å². The molecular weight excluding hydrogens is 255 g/mol. The van der Waals surface area contributed by atoms with Crippen LogP contribution in [0.4, 0.5) is 0 Å². The first-order valence-corrected chi connectivity index (χ1v) is 10.2. The molecule has 0 radical (unpaired) electrons. The van der Waals surface area contributed by atoms with Crippen molar-refractivity contribution >= 4 is 16.0 Å². The molecule has 0 amide bonds. The summed E-state index contributed by atoms with van der Waals surface area (Å²) in [6.45, 7) is 13.5. The minimum atomic E-state index is -1.76. The molecule has 0 aromatic heterocycles. The van der Waals surface area contributed by atoms with Crippen LogP contribution in [0.5, 0.6) is 0 Å². The summed E-state index contributed by atoms with van der Waals surface area (Å²) in [5, 5.41) is 8.86. The van der Waals surface area contributed by atoms with Crippen LogP contribution in [0.25, 0.3) is 0 Å². The summed E-state index contributed by atoms with van der Waals surface area (Å²) in [6, 6.07) is 0. The Morgan fingerprint density at radius 1 is 1.26 bits per heavy atom. The Morgan fingerprint density at radius 3 is 2.37 bits per heavy atom. The normalized spacial score (nSPS) is 14.7. The van der Waals surface area contributed by atoms with Crippen LogP contribution in [0.3, 0.4) is 0 Å². The van der Waals surface area contributed by atoms with Crippen LogP contribution in [0.15, 0.2) is 12.3 Å². The Balaban J connectivity index is 4.55. The van der Waals surface area contributed by atoms with Crippen LogP contribution in [0.2, 0.25) is 18.1 Å². The highest BCUT2D eigenvalue weighted by molar-refractivity contribution is 6.74. The zero-order chi connectivity index (χ0) is 14.9. The van der Waals surface area contributed by atoms with E-state index in [4.69, 9.17) is 14.1 Å². The van der Waals surface area contributed by atoms with Gasteiger partial charge in [-0.3, -0.25) is 0 Å². The number of hydrogen-bond acceptors (Lipinski definition) is 3. The van der Waals surface area contributed by atoms with Gasteiger partial charge in [-0.05, 0) is 30.6 Å². The minimum absolute atomic E-state index is 0.0963. The molecule has 1 atom stereocenters. The lowest BCUT2D eigenvalue weighted by molar-refractivity contribution is 0.208. The molecule has 0 saturated heterocycles. The van der Waals surface area contributed by atoms with Crippen molar-refractivity contribution in [3.63, 3.8) is 0 Å². The largest absolute Gasteiger partial charge is 0.545 e. The van der Waals surface area contributed by atoms with Crippen molar-refractivity contribution in [3.8, 4) is 0 Å². The Kier molecular flexibility index (Phi) is 8.70. The van der Waals surface area contributed by atoms with E-state index in [2.05, 4.69) is 40.8 Å². The van der Waals surface area contributed by atoms with E-state index < -0.39 is 8.32 Å². The van der Waals surface area contributed by atoms with E-state index in [1.54, 1.807) is 6.26 Å². The average molecular weight is 286 g/mol. The van der Waals surface area contributed by atoms with Gasteiger partial charge in [-0.2, -0.15) is 0 Å². The molecule has 0 fully saturated rings. The molecule has 0 saturated carbocycles. The fraction of sp³-hybridized carbons (Fsp3) is 0.857. The molecule has 0 spiro atoms. The van der Waals surface area contributed by atoms with Crippen LogP contribution in [0, 0.1) is 0 Å². The second-order valence-electron chi connectivity index (χ2n) is 6.54. The summed E-state index contributed by atoms with van der Waals surface area (Å²) in [7, 11) is -2.04. The van der Waals surface area contributed by atoms with Gasteiger partial charge in [0.2, 0.25) is 0 Å². The second kappa shape index (κ2) is 8.82. The van der Waals surface area contributed by atoms with Gasteiger partial charge in [0.15, 0.2) is 8.32 Å². The van der Waals surface area contributed by atoms with Crippen molar-refractivity contribution in [2.45, 2.75) is 77.6 Å². The minimum Gasteiger partial charge on any atom is -0.545 e. The van der Waals surface area contributed by atoms with Gasteiger partial charge in [-0.1, -0.05) is 47.0 Å². The summed E-state index contributed by atoms with van der Waals surface area (Å²) in [5.74, 6) is 0. The third-order valence-corrected chi connectivity index (χ3v) is 8.31. The maximum Gasteiger partial charge on any atom is 0.503 e. The van der Waals surface area contributed by atoms with Gasteiger partial charge in [0, 0.05) is 0 Å². The molecule has 5 heteroatoms. The highest BCUT2D eigenvalue weighted by atomic mass is 28.4. The molecule has 19 heavy (non-hydrogen) atoms. The molecule has 3 nitrogen and oxygen atoms in total. The van der Waals surface area contributed by atoms with Crippen molar-refractivity contribution in [3.05, 3.63) is 12.3 Å². The summed E-state index contributed by atoms with van der Waals surface area (Å²) >= 11 is 0. The van der Waals surface area contributed by atoms with E-state index in [9.17, 15) is 0 Å². The summed E-state index contributed by atoms with van der Waals surface area (Å²) < 4.78 is 11.3. The fourth-order valence-corrected chi connectivity index (χ4v) is 2.84. The van der Waals surface area contributed by atoms with Crippen molar-refractivity contribution in [2.24, 2.45) is 0 Å². The van der Waals surface area contributed by atoms with Gasteiger partial charge >= 0.3 is 7.69 Å². The third kappa shape index (κ3) is 7.80. The monoisotopic (exact) mass is 286 g/mol. The number of hydrogen-bond donors (Lipinski definition) is 1. The standard InChI is InChI=1S/C14H31BO3Si/c1-7-8-9-10-13(11-12-17-15-16)18-19(5,6)14(2,3)4/h11-13,15-16H,7-10H2,1-6H3/b12-11+/t13-/m0/s1. The van der Waals surface area contributed by atoms with Crippen LogP contribution < -0.4 is 0 Å². The maximum absolute atomic E-state index is 8.65. The Morgan fingerprint density at radius 2 is 1.89 bits per heavy atom. The summed E-state index contributed by atoms with van der Waals surface area (Å²) in [6.07, 6.45) is 8.22. The molecule has 0 aromatic rings. The molecule has 112 valence electrons. The zero-order valence-electron chi connectivity index (χ0n) is 13.5. The van der Waals surface area contributed by atoms with Crippen LogP contribution >= 0.6 is 0 Å². The summed E-state index contributed by atoms with van der Waals surface area (Å²) in [5.41, 5.74) is 0. The number of rotatable bonds is 9. The van der Waals surface area contributed by atoms with Crippen LogP contribution in [0.1, 0.15) is 53.4 Å². The topological polar surface area (TPSA) is 38.7 Å². The number of unbranched alkanes of at least 4 members (excludes halogenated alkanes) is 2. The third-order valence-electron chi connectivity index (χ3n) is 3.81. The van der Waals surface area contributed by atoms with E-state index >= 15 is 0 Å². The molecule has 0 aliphatic heterocycles. The van der Waals surface area contributed by atoms with Gasteiger partial charge in [-0.25, -0.2) is 0 Å². The molecule has 0 rings (SSSR count). The van der Waals surface area contributed by atoms with E-state index in [0.717, 1.165) is 6.42 Å². The fourth-order valence-electron chi connectivity index (χ4n) is 1.53. The van der Waals surface area contributed by atoms with Gasteiger partial charge in [0.05, 0.1) is 12.4 Å². The summed E-state index contributed by atoms with van der Waals surface area (Å²) in [4.78, 5) is 0. The highest BCUT2D eigenvalue weighted by Gasteiger charge is 2.38. The molecule has 0 aromatic carbocycles. The molecule has 1 N–H and O–H groups in total. The van der Waals surface area contributed by atoms with Crippen LogP contribution in [-0.2, 0) is 9.08 Å². The second-order valence-corrected chi connectivity index (χ2v) is 11.3. The zero-order valence-corrected chi connectivity index (χ0v) is 14.5. The van der Waals surface area contributed by atoms with E-state index in [1.165, 1.54) is 19.3 Å². The predicted molar refractivity (Wildman–Crippen MR) is 85.8 cm³/mol. The lowest BCUT2D eigenvalue weighted by Gasteiger charge is -2.38. The molecule has 0 bridgehead atoms. The van der Waals surface area contributed by atoms with Gasteiger partial charge in [0.25, 0.3) is 0 Å². The first kappa shape index (κ1) is 18.7. The van der Waals surface area contributed by atoms with Crippen molar-refractivity contribution in [1.82, 2.24) is 0 Å². The maximum atomic E-state index is 8.65. The lowest BCUT2D eigenvalue weighted by atomic mass is 10.1. The molecule has 0 aliphatic rings. The van der Waals surface area contributed by atoms with Gasteiger partial charge in [-0.15, -0.1) is 0 Å². The van der Waals surface area contributed by atoms with Crippen molar-refractivity contribution in [2.75, 3.05) is 0 Å². The molecular formula is C14H31BO3Si. The van der Waals surface area contributed by atoms with Gasteiger partial charge in [0.1, 0.15) is 0 Å². The SMILES string of the molecule is CCCCC[C@@H](/C=C/OBO)O[Si](C)(C)C(C)(C)C. The van der Waals surface area contributed by atoms with E-state index in [-0.39, 0.29) is 18.8 Å². The predicted octanol–water partition coefficient (Wildman–Crippen LogP) is 3.75. The first-order chi connectivity index (χ1) is 8.74. The first-order valence-electron chi connectivity index (χ1n) is 7.31. The Hall–Kier alpha value is -0.258. The molecule has 0 aliphatic carbocycles. The Bertz CT molecular complexity index is 262. The molecule has 0 unspecified atom stereocenters. The molecule has 0 heterocycles. The van der Waals surface area contributed by atoms with Crippen molar-refractivity contribution in [1.29, 1.82) is 0 Å². The average Bonchev–Trinajstić information content (AvgIpc) is 2.27.